The molecule has 0 radical (unpaired) electrons. The molecule has 0 bridgehead atoms. The van der Waals surface area contributed by atoms with Crippen LogP contribution in [0.5, 0.6) is 0 Å². The fourth-order valence-electron chi connectivity index (χ4n) is 3.33. The number of sulfone groups is 1. The molecule has 6 nitrogen and oxygen atoms in total. The highest BCUT2D eigenvalue weighted by molar-refractivity contribution is 7.89. The molecule has 1 aromatic heterocycles. The van der Waals surface area contributed by atoms with E-state index in [0.29, 0.717) is 18.5 Å². The van der Waals surface area contributed by atoms with E-state index in [1.54, 1.807) is 0 Å². The predicted molar refractivity (Wildman–Crippen MR) is 91.1 cm³/mol. The molecule has 2 heterocycles. The van der Waals surface area contributed by atoms with Crippen molar-refractivity contribution in [3.05, 3.63) is 47.1 Å². The second-order valence-corrected chi connectivity index (χ2v) is 8.54. The minimum absolute atomic E-state index is 0.183. The van der Waals surface area contributed by atoms with E-state index in [-0.39, 0.29) is 11.6 Å². The summed E-state index contributed by atoms with van der Waals surface area (Å²) in [5.41, 5.74) is 2.79. The smallest absolute Gasteiger partial charge is 0.240 e. The summed E-state index contributed by atoms with van der Waals surface area (Å²) in [4.78, 5) is 6.59. The van der Waals surface area contributed by atoms with Gasteiger partial charge in [-0.3, -0.25) is 4.90 Å². The van der Waals surface area contributed by atoms with Gasteiger partial charge >= 0.3 is 0 Å². The number of benzene rings is 1. The summed E-state index contributed by atoms with van der Waals surface area (Å²) in [7, 11) is -3.15. The Morgan fingerprint density at radius 1 is 1.33 bits per heavy atom. The molecule has 2 aromatic rings. The predicted octanol–water partition coefficient (Wildman–Crippen LogP) is 2.51. The number of fused-ring (bicyclic) bond motifs is 1. The Bertz CT molecular complexity index is 801. The van der Waals surface area contributed by atoms with E-state index < -0.39 is 9.84 Å². The molecule has 3 rings (SSSR count). The van der Waals surface area contributed by atoms with E-state index in [1.807, 2.05) is 0 Å². The maximum absolute atomic E-state index is 11.3. The van der Waals surface area contributed by atoms with Crippen LogP contribution in [0, 0.1) is 0 Å². The Balaban J connectivity index is 1.77. The van der Waals surface area contributed by atoms with Crippen molar-refractivity contribution in [3.63, 3.8) is 0 Å². The third-order valence-electron chi connectivity index (χ3n) is 4.33. The monoisotopic (exact) mass is 349 g/mol. The lowest BCUT2D eigenvalue weighted by Gasteiger charge is -2.36. The van der Waals surface area contributed by atoms with Crippen LogP contribution in [0.1, 0.15) is 48.6 Å². The van der Waals surface area contributed by atoms with Gasteiger partial charge in [-0.05, 0) is 24.0 Å². The normalized spacial score (nSPS) is 18.5. The molecule has 1 aliphatic rings. The standard InChI is InChI=1S/C17H23N3O3S/c1-3-6-15-14-8-5-4-7-13(14)9-10-20(15)11-17-18-16(19-23-17)12-24(2,21)22/h4-5,7-8,15H,3,6,9-12H2,1-2H3/t15-/m0/s1. The Morgan fingerprint density at radius 3 is 2.88 bits per heavy atom. The molecule has 0 amide bonds. The van der Waals surface area contributed by atoms with Gasteiger partial charge in [0.25, 0.3) is 0 Å². The third kappa shape index (κ3) is 4.02. The van der Waals surface area contributed by atoms with Gasteiger partial charge < -0.3 is 4.52 Å². The van der Waals surface area contributed by atoms with Crippen LogP contribution in [0.25, 0.3) is 0 Å². The quantitative estimate of drug-likeness (QED) is 0.797. The fraction of sp³-hybridized carbons (Fsp3) is 0.529. The molecular weight excluding hydrogens is 326 g/mol. The molecule has 7 heteroatoms. The van der Waals surface area contributed by atoms with Crippen LogP contribution in [0.2, 0.25) is 0 Å². The molecule has 1 aliphatic heterocycles. The van der Waals surface area contributed by atoms with Crippen molar-refractivity contribution in [1.82, 2.24) is 15.0 Å². The summed E-state index contributed by atoms with van der Waals surface area (Å²) in [6, 6.07) is 8.91. The zero-order chi connectivity index (χ0) is 17.2. The lowest BCUT2D eigenvalue weighted by atomic mass is 9.90. The molecule has 1 aromatic carbocycles. The average Bonchev–Trinajstić information content (AvgIpc) is 2.95. The number of nitrogens with zero attached hydrogens (tertiary/aromatic N) is 3. The van der Waals surface area contributed by atoms with E-state index in [2.05, 4.69) is 46.2 Å². The van der Waals surface area contributed by atoms with Crippen molar-refractivity contribution in [3.8, 4) is 0 Å². The van der Waals surface area contributed by atoms with E-state index in [0.717, 1.165) is 25.8 Å². The molecule has 0 fully saturated rings. The summed E-state index contributed by atoms with van der Waals surface area (Å²) >= 11 is 0. The fourth-order valence-corrected chi connectivity index (χ4v) is 3.91. The molecule has 130 valence electrons. The second-order valence-electron chi connectivity index (χ2n) is 6.40. The van der Waals surface area contributed by atoms with Gasteiger partial charge in [-0.15, -0.1) is 0 Å². The Morgan fingerprint density at radius 2 is 2.12 bits per heavy atom. The van der Waals surface area contributed by atoms with Crippen molar-refractivity contribution in [2.75, 3.05) is 12.8 Å². The Kier molecular flexibility index (Phi) is 5.01. The third-order valence-corrected chi connectivity index (χ3v) is 5.11. The molecule has 0 spiro atoms. The van der Waals surface area contributed by atoms with Gasteiger partial charge in [0.1, 0.15) is 5.75 Å². The van der Waals surface area contributed by atoms with Gasteiger partial charge in [-0.1, -0.05) is 42.8 Å². The highest BCUT2D eigenvalue weighted by atomic mass is 32.2. The van der Waals surface area contributed by atoms with Crippen LogP contribution in [0.3, 0.4) is 0 Å². The van der Waals surface area contributed by atoms with Crippen LogP contribution < -0.4 is 0 Å². The van der Waals surface area contributed by atoms with Crippen molar-refractivity contribution >= 4 is 9.84 Å². The maximum Gasteiger partial charge on any atom is 0.240 e. The molecular formula is C17H23N3O3S. The van der Waals surface area contributed by atoms with Crippen molar-refractivity contribution in [2.24, 2.45) is 0 Å². The van der Waals surface area contributed by atoms with Gasteiger partial charge in [0.2, 0.25) is 5.89 Å². The highest BCUT2D eigenvalue weighted by Crippen LogP contribution is 2.33. The van der Waals surface area contributed by atoms with Crippen LogP contribution in [-0.4, -0.2) is 36.3 Å². The van der Waals surface area contributed by atoms with Gasteiger partial charge in [0, 0.05) is 18.8 Å². The van der Waals surface area contributed by atoms with Crippen molar-refractivity contribution in [1.29, 1.82) is 0 Å². The number of hydrogen-bond acceptors (Lipinski definition) is 6. The minimum atomic E-state index is -3.15. The van der Waals surface area contributed by atoms with Crippen LogP contribution in [0.4, 0.5) is 0 Å². The van der Waals surface area contributed by atoms with Crippen LogP contribution >= 0.6 is 0 Å². The van der Waals surface area contributed by atoms with Gasteiger partial charge in [0.05, 0.1) is 6.54 Å². The van der Waals surface area contributed by atoms with Gasteiger partial charge in [-0.25, -0.2) is 8.42 Å². The maximum atomic E-state index is 11.3. The van der Waals surface area contributed by atoms with Crippen LogP contribution in [-0.2, 0) is 28.6 Å². The van der Waals surface area contributed by atoms with E-state index in [1.165, 1.54) is 17.4 Å². The summed E-state index contributed by atoms with van der Waals surface area (Å²) < 4.78 is 27.9. The van der Waals surface area contributed by atoms with E-state index in [4.69, 9.17) is 4.52 Å². The van der Waals surface area contributed by atoms with Gasteiger partial charge in [-0.2, -0.15) is 4.98 Å². The molecule has 0 saturated carbocycles. The van der Waals surface area contributed by atoms with E-state index >= 15 is 0 Å². The van der Waals surface area contributed by atoms with Crippen LogP contribution in [0.15, 0.2) is 28.8 Å². The topological polar surface area (TPSA) is 76.3 Å². The first-order valence-corrected chi connectivity index (χ1v) is 10.3. The largest absolute Gasteiger partial charge is 0.338 e. The number of hydrogen-bond donors (Lipinski definition) is 0. The zero-order valence-electron chi connectivity index (χ0n) is 14.1. The van der Waals surface area contributed by atoms with Crippen molar-refractivity contribution in [2.45, 2.75) is 44.5 Å². The number of rotatable bonds is 6. The Labute approximate surface area is 142 Å². The average molecular weight is 349 g/mol. The SMILES string of the molecule is CCC[C@H]1c2ccccc2CCN1Cc1nc(CS(C)(=O)=O)no1. The summed E-state index contributed by atoms with van der Waals surface area (Å²) in [5.74, 6) is 0.531. The molecule has 24 heavy (non-hydrogen) atoms. The van der Waals surface area contributed by atoms with Crippen molar-refractivity contribution < 1.29 is 12.9 Å². The second kappa shape index (κ2) is 7.03. The first kappa shape index (κ1) is 17.1. The summed E-state index contributed by atoms with van der Waals surface area (Å²) in [6.45, 7) is 3.67. The highest BCUT2D eigenvalue weighted by Gasteiger charge is 2.27. The first-order chi connectivity index (χ1) is 11.5. The van der Waals surface area contributed by atoms with Gasteiger partial charge in [0.15, 0.2) is 15.7 Å². The molecule has 0 unspecified atom stereocenters. The molecule has 1 atom stereocenters. The zero-order valence-corrected chi connectivity index (χ0v) is 14.9. The molecule has 0 aliphatic carbocycles. The lowest BCUT2D eigenvalue weighted by Crippen LogP contribution is -2.35. The molecule has 0 saturated heterocycles. The molecule has 0 N–H and O–H groups in total. The minimum Gasteiger partial charge on any atom is -0.338 e. The first-order valence-electron chi connectivity index (χ1n) is 8.27. The summed E-state index contributed by atoms with van der Waals surface area (Å²) in [6.07, 6.45) is 4.34. The summed E-state index contributed by atoms with van der Waals surface area (Å²) in [5, 5.41) is 3.79. The Hall–Kier alpha value is -1.73. The van der Waals surface area contributed by atoms with E-state index in [9.17, 15) is 8.42 Å². The number of aromatic nitrogens is 2. The lowest BCUT2D eigenvalue weighted by molar-refractivity contribution is 0.146.